The summed E-state index contributed by atoms with van der Waals surface area (Å²) >= 11 is 0. The van der Waals surface area contributed by atoms with Crippen LogP contribution in [0, 0.1) is 10.1 Å². The van der Waals surface area contributed by atoms with Crippen LogP contribution in [0.1, 0.15) is 16.1 Å². The van der Waals surface area contributed by atoms with Gasteiger partial charge in [-0.1, -0.05) is 18.2 Å². The van der Waals surface area contributed by atoms with Crippen LogP contribution in [0.15, 0.2) is 46.9 Å². The minimum absolute atomic E-state index is 0.0681. The Bertz CT molecular complexity index is 654. The van der Waals surface area contributed by atoms with Crippen molar-refractivity contribution >= 4 is 17.7 Å². The van der Waals surface area contributed by atoms with Crippen LogP contribution in [0.5, 0.6) is 5.75 Å². The van der Waals surface area contributed by atoms with Gasteiger partial charge in [-0.3, -0.25) is 14.9 Å². The van der Waals surface area contributed by atoms with Gasteiger partial charge >= 0.3 is 5.88 Å². The number of allylic oxidation sites excluding steroid dienone is 1. The third-order valence-corrected chi connectivity index (χ3v) is 2.56. The predicted molar refractivity (Wildman–Crippen MR) is 71.7 cm³/mol. The summed E-state index contributed by atoms with van der Waals surface area (Å²) in [4.78, 5) is 21.5. The maximum Gasteiger partial charge on any atom is 0.433 e. The van der Waals surface area contributed by atoms with Crippen molar-refractivity contribution in [2.45, 2.75) is 0 Å². The molecule has 0 saturated heterocycles. The number of carbonyl (C=O) groups excluding carboxylic acids is 1. The first-order valence-electron chi connectivity index (χ1n) is 5.71. The molecule has 2 rings (SSSR count). The number of ether oxygens (including phenoxy) is 1. The number of methoxy groups -OCH3 is 1. The molecule has 1 aromatic heterocycles. The molecule has 102 valence electrons. The van der Waals surface area contributed by atoms with Crippen molar-refractivity contribution in [1.29, 1.82) is 0 Å². The molecular weight excluding hydrogens is 262 g/mol. The highest BCUT2D eigenvalue weighted by molar-refractivity contribution is 6.05. The number of hydrogen-bond acceptors (Lipinski definition) is 5. The fourth-order valence-corrected chi connectivity index (χ4v) is 1.53. The maximum absolute atomic E-state index is 11.7. The lowest BCUT2D eigenvalue weighted by Crippen LogP contribution is -1.91. The van der Waals surface area contributed by atoms with Gasteiger partial charge in [-0.15, -0.1) is 0 Å². The molecule has 0 aliphatic carbocycles. The molecule has 0 spiro atoms. The minimum Gasteiger partial charge on any atom is -0.497 e. The summed E-state index contributed by atoms with van der Waals surface area (Å²) in [6.45, 7) is 0. The second-order valence-electron chi connectivity index (χ2n) is 3.87. The second-order valence-corrected chi connectivity index (χ2v) is 3.87. The minimum atomic E-state index is -0.691. The lowest BCUT2D eigenvalue weighted by molar-refractivity contribution is -0.402. The van der Waals surface area contributed by atoms with E-state index in [0.29, 0.717) is 0 Å². The zero-order valence-electron chi connectivity index (χ0n) is 10.6. The quantitative estimate of drug-likeness (QED) is 0.362. The summed E-state index contributed by atoms with van der Waals surface area (Å²) in [6.07, 6.45) is 2.89. The highest BCUT2D eigenvalue weighted by Gasteiger charge is 2.15. The number of furan rings is 1. The van der Waals surface area contributed by atoms with Gasteiger partial charge in [0.1, 0.15) is 10.7 Å². The molecule has 20 heavy (non-hydrogen) atoms. The molecule has 0 N–H and O–H groups in total. The van der Waals surface area contributed by atoms with Gasteiger partial charge in [0, 0.05) is 0 Å². The Balaban J connectivity index is 2.09. The van der Waals surface area contributed by atoms with Crippen molar-refractivity contribution in [3.63, 3.8) is 0 Å². The van der Waals surface area contributed by atoms with E-state index in [2.05, 4.69) is 0 Å². The molecule has 6 heteroatoms. The highest BCUT2D eigenvalue weighted by atomic mass is 16.6. The molecular formula is C14H11NO5. The summed E-state index contributed by atoms with van der Waals surface area (Å²) in [6, 6.07) is 9.53. The molecule has 0 aliphatic heterocycles. The third kappa shape index (κ3) is 3.11. The topological polar surface area (TPSA) is 82.6 Å². The Labute approximate surface area is 114 Å². The lowest BCUT2D eigenvalue weighted by Gasteiger charge is -1.98. The van der Waals surface area contributed by atoms with Gasteiger partial charge in [-0.25, -0.2) is 0 Å². The van der Waals surface area contributed by atoms with Crippen LogP contribution >= 0.6 is 0 Å². The molecule has 0 radical (unpaired) electrons. The van der Waals surface area contributed by atoms with Crippen LogP contribution in [0.4, 0.5) is 5.88 Å². The van der Waals surface area contributed by atoms with Crippen LogP contribution in [0.2, 0.25) is 0 Å². The molecule has 2 aromatic rings. The fourth-order valence-electron chi connectivity index (χ4n) is 1.53. The maximum atomic E-state index is 11.7. The highest BCUT2D eigenvalue weighted by Crippen LogP contribution is 2.17. The van der Waals surface area contributed by atoms with E-state index >= 15 is 0 Å². The summed E-state index contributed by atoms with van der Waals surface area (Å²) in [5, 5.41) is 10.4. The SMILES string of the molecule is COc1ccc(C=CC(=O)c2ccc([N+](=O)[O-])o2)cc1. The van der Waals surface area contributed by atoms with Gasteiger partial charge in [0.25, 0.3) is 0 Å². The monoisotopic (exact) mass is 273 g/mol. The Morgan fingerprint density at radius 2 is 1.95 bits per heavy atom. The summed E-state index contributed by atoms with van der Waals surface area (Å²) in [5.41, 5.74) is 0.806. The van der Waals surface area contributed by atoms with Crippen LogP contribution in [0.25, 0.3) is 6.08 Å². The van der Waals surface area contributed by atoms with Crippen molar-refractivity contribution in [2.75, 3.05) is 7.11 Å². The smallest absolute Gasteiger partial charge is 0.433 e. The van der Waals surface area contributed by atoms with E-state index < -0.39 is 16.6 Å². The largest absolute Gasteiger partial charge is 0.497 e. The Kier molecular flexibility index (Phi) is 3.95. The molecule has 0 amide bonds. The van der Waals surface area contributed by atoms with Crippen molar-refractivity contribution in [2.24, 2.45) is 0 Å². The van der Waals surface area contributed by atoms with Crippen LogP contribution in [-0.2, 0) is 0 Å². The van der Waals surface area contributed by atoms with Crippen molar-refractivity contribution in [3.8, 4) is 5.75 Å². The average Bonchev–Trinajstić information content (AvgIpc) is 2.95. The van der Waals surface area contributed by atoms with Crippen LogP contribution in [-0.4, -0.2) is 17.8 Å². The van der Waals surface area contributed by atoms with E-state index in [0.717, 1.165) is 17.4 Å². The number of hydrogen-bond donors (Lipinski definition) is 0. The summed E-state index contributed by atoms with van der Waals surface area (Å²) in [7, 11) is 1.57. The van der Waals surface area contributed by atoms with E-state index in [1.807, 2.05) is 0 Å². The van der Waals surface area contributed by atoms with Gasteiger partial charge < -0.3 is 9.15 Å². The molecule has 1 heterocycles. The molecule has 0 atom stereocenters. The second kappa shape index (κ2) is 5.83. The Hall–Kier alpha value is -2.89. The number of rotatable bonds is 5. The number of carbonyl (C=O) groups is 1. The van der Waals surface area contributed by atoms with Crippen LogP contribution < -0.4 is 4.74 Å². The molecule has 0 aliphatic rings. The average molecular weight is 273 g/mol. The standard InChI is InChI=1S/C14H11NO5/c1-19-11-5-2-10(3-6-11)4-7-12(16)13-8-9-14(20-13)15(17)18/h2-9H,1H3. The van der Waals surface area contributed by atoms with Gasteiger partial charge in [-0.05, 0) is 29.8 Å². The van der Waals surface area contributed by atoms with Crippen molar-refractivity contribution < 1.29 is 18.9 Å². The summed E-state index contributed by atoms with van der Waals surface area (Å²) < 4.78 is 9.83. The normalized spacial score (nSPS) is 10.7. The van der Waals surface area contributed by atoms with E-state index in [1.165, 1.54) is 12.1 Å². The first-order chi connectivity index (χ1) is 9.60. The predicted octanol–water partition coefficient (Wildman–Crippen LogP) is 3.09. The van der Waals surface area contributed by atoms with E-state index in [1.54, 1.807) is 37.5 Å². The van der Waals surface area contributed by atoms with Gasteiger partial charge in [-0.2, -0.15) is 0 Å². The number of benzene rings is 1. The molecule has 6 nitrogen and oxygen atoms in total. The van der Waals surface area contributed by atoms with Crippen molar-refractivity contribution in [1.82, 2.24) is 0 Å². The van der Waals surface area contributed by atoms with Gasteiger partial charge in [0.2, 0.25) is 5.78 Å². The molecule has 0 unspecified atom stereocenters. The summed E-state index contributed by atoms with van der Waals surface area (Å²) in [5.74, 6) is -0.239. The Morgan fingerprint density at radius 3 is 2.50 bits per heavy atom. The molecule has 1 aromatic carbocycles. The van der Waals surface area contributed by atoms with E-state index in [-0.39, 0.29) is 5.76 Å². The van der Waals surface area contributed by atoms with E-state index in [9.17, 15) is 14.9 Å². The van der Waals surface area contributed by atoms with Crippen molar-refractivity contribution in [3.05, 3.63) is 63.9 Å². The molecule has 0 saturated carbocycles. The molecule has 0 fully saturated rings. The fraction of sp³-hybridized carbons (Fsp3) is 0.0714. The Morgan fingerprint density at radius 1 is 1.25 bits per heavy atom. The first kappa shape index (κ1) is 13.5. The number of nitrogens with zero attached hydrogens (tertiary/aromatic N) is 1. The number of nitro groups is 1. The molecule has 0 bridgehead atoms. The van der Waals surface area contributed by atoms with E-state index in [4.69, 9.17) is 9.15 Å². The lowest BCUT2D eigenvalue weighted by atomic mass is 10.2. The van der Waals surface area contributed by atoms with Gasteiger partial charge in [0.05, 0.1) is 13.2 Å². The zero-order chi connectivity index (χ0) is 14.5. The van der Waals surface area contributed by atoms with Gasteiger partial charge in [0.15, 0.2) is 5.76 Å². The third-order valence-electron chi connectivity index (χ3n) is 2.56. The number of ketones is 1. The zero-order valence-corrected chi connectivity index (χ0v) is 10.6. The first-order valence-corrected chi connectivity index (χ1v) is 5.71. The van der Waals surface area contributed by atoms with Crippen LogP contribution in [0.3, 0.4) is 0 Å².